The maximum atomic E-state index is 12.2. The summed E-state index contributed by atoms with van der Waals surface area (Å²) in [5, 5.41) is 5.53. The first kappa shape index (κ1) is 21.7. The van der Waals surface area contributed by atoms with Crippen LogP contribution in [0.3, 0.4) is 0 Å². The molecule has 9 heteroatoms. The van der Waals surface area contributed by atoms with Gasteiger partial charge in [-0.15, -0.1) is 0 Å². The zero-order chi connectivity index (χ0) is 22.4. The Kier molecular flexibility index (Phi) is 6.76. The molecule has 2 N–H and O–H groups in total. The van der Waals surface area contributed by atoms with Crippen molar-refractivity contribution in [1.82, 2.24) is 4.98 Å². The van der Waals surface area contributed by atoms with E-state index in [9.17, 15) is 19.2 Å². The number of nitrogens with one attached hydrogen (secondary N) is 2. The van der Waals surface area contributed by atoms with Crippen molar-refractivity contribution in [2.45, 2.75) is 19.4 Å². The van der Waals surface area contributed by atoms with Gasteiger partial charge >= 0.3 is 5.97 Å². The van der Waals surface area contributed by atoms with E-state index in [1.54, 1.807) is 49.5 Å². The molecule has 3 aromatic rings. The third-order valence-corrected chi connectivity index (χ3v) is 4.53. The highest BCUT2D eigenvalue weighted by atomic mass is 16.5. The lowest BCUT2D eigenvalue weighted by atomic mass is 10.0. The van der Waals surface area contributed by atoms with Crippen molar-refractivity contribution in [3.05, 3.63) is 80.4 Å². The Balaban J connectivity index is 1.70. The highest BCUT2D eigenvalue weighted by molar-refractivity contribution is 6.04. The largest absolute Gasteiger partial charge is 0.488 e. The number of carbonyl (C=O) groups excluding carboxylic acids is 2. The Morgan fingerprint density at radius 2 is 1.84 bits per heavy atom. The first-order chi connectivity index (χ1) is 14.9. The van der Waals surface area contributed by atoms with Gasteiger partial charge < -0.3 is 20.1 Å². The van der Waals surface area contributed by atoms with Crippen LogP contribution in [0.1, 0.15) is 22.8 Å². The maximum absolute atomic E-state index is 12.2. The zero-order valence-electron chi connectivity index (χ0n) is 17.0. The number of benzene rings is 1. The minimum atomic E-state index is -0.900. The Labute approximate surface area is 177 Å². The third kappa shape index (κ3) is 4.95. The third-order valence-electron chi connectivity index (χ3n) is 4.53. The monoisotopic (exact) mass is 423 g/mol. The van der Waals surface area contributed by atoms with Crippen molar-refractivity contribution in [2.75, 3.05) is 24.4 Å². The molecule has 0 fully saturated rings. The smallest absolute Gasteiger partial charge is 0.328 e. The molecule has 0 saturated carbocycles. The molecule has 1 aromatic heterocycles. The summed E-state index contributed by atoms with van der Waals surface area (Å²) >= 11 is 0. The fourth-order valence-electron chi connectivity index (χ4n) is 2.95. The van der Waals surface area contributed by atoms with Crippen molar-refractivity contribution in [3.8, 4) is 5.75 Å². The number of ether oxygens (including phenoxy) is 2. The fourth-order valence-corrected chi connectivity index (χ4v) is 2.95. The van der Waals surface area contributed by atoms with E-state index in [1.165, 1.54) is 13.3 Å². The summed E-state index contributed by atoms with van der Waals surface area (Å²) in [6.07, 6.45) is 3.24. The maximum Gasteiger partial charge on any atom is 0.328 e. The molecule has 3 rings (SSSR count). The van der Waals surface area contributed by atoms with Crippen molar-refractivity contribution < 1.29 is 19.1 Å². The number of methoxy groups -OCH3 is 1. The molecule has 0 aliphatic carbocycles. The summed E-state index contributed by atoms with van der Waals surface area (Å²) in [6, 6.07) is 9.29. The molecule has 0 radical (unpaired) electrons. The van der Waals surface area contributed by atoms with Crippen molar-refractivity contribution in [3.63, 3.8) is 0 Å². The van der Waals surface area contributed by atoms with Crippen LogP contribution in [0.2, 0.25) is 0 Å². The number of esters is 1. The lowest BCUT2D eigenvalue weighted by molar-refractivity contribution is -0.141. The minimum Gasteiger partial charge on any atom is -0.488 e. The van der Waals surface area contributed by atoms with Crippen LogP contribution >= 0.6 is 0 Å². The zero-order valence-corrected chi connectivity index (χ0v) is 17.0. The molecular formula is C22H21N3O6. The normalized spacial score (nSPS) is 11.5. The number of hydrogen-bond acceptors (Lipinski definition) is 8. The van der Waals surface area contributed by atoms with E-state index in [0.717, 1.165) is 5.56 Å². The molecule has 0 aliphatic heterocycles. The number of pyridine rings is 1. The minimum absolute atomic E-state index is 0.0254. The molecule has 1 heterocycles. The highest BCUT2D eigenvalue weighted by Gasteiger charge is 2.28. The number of carbonyl (C=O) groups is 2. The van der Waals surface area contributed by atoms with Gasteiger partial charge in [0.15, 0.2) is 5.75 Å². The van der Waals surface area contributed by atoms with Gasteiger partial charge in [0.1, 0.15) is 11.7 Å². The number of nitrogens with zero attached hydrogens (tertiary/aromatic N) is 1. The van der Waals surface area contributed by atoms with Gasteiger partial charge in [-0.1, -0.05) is 12.1 Å². The summed E-state index contributed by atoms with van der Waals surface area (Å²) in [5.74, 6) is -0.960. The average Bonchev–Trinajstić information content (AvgIpc) is 2.81. The van der Waals surface area contributed by atoms with Gasteiger partial charge in [0.25, 0.3) is 16.8 Å². The van der Waals surface area contributed by atoms with Gasteiger partial charge in [-0.05, 0) is 36.8 Å². The lowest BCUT2D eigenvalue weighted by Crippen LogP contribution is -2.41. The second-order valence-electron chi connectivity index (χ2n) is 6.61. The summed E-state index contributed by atoms with van der Waals surface area (Å²) < 4.78 is 9.99. The van der Waals surface area contributed by atoms with E-state index >= 15 is 0 Å². The number of amides is 1. The van der Waals surface area contributed by atoms with Crippen LogP contribution in [0.15, 0.2) is 58.4 Å². The topological polar surface area (TPSA) is 124 Å². The summed E-state index contributed by atoms with van der Waals surface area (Å²) in [5.41, 5.74) is 0.273. The second kappa shape index (κ2) is 9.66. The Bertz CT molecular complexity index is 1130. The van der Waals surface area contributed by atoms with E-state index in [-0.39, 0.29) is 30.4 Å². The quantitative estimate of drug-likeness (QED) is 0.392. The van der Waals surface area contributed by atoms with Gasteiger partial charge in [0, 0.05) is 24.5 Å². The van der Waals surface area contributed by atoms with Crippen molar-refractivity contribution in [1.29, 1.82) is 0 Å². The molecule has 31 heavy (non-hydrogen) atoms. The van der Waals surface area contributed by atoms with Gasteiger partial charge in [-0.25, -0.2) is 4.79 Å². The van der Waals surface area contributed by atoms with Crippen LogP contribution in [0.4, 0.5) is 11.4 Å². The molecule has 0 spiro atoms. The standard InChI is InChI=1S/C22H21N3O6/c1-3-31-20-17(18(26)19(20)27)25-16(22(29)30-2)11-13-6-8-15(9-7-13)24-21(28)14-5-4-10-23-12-14/h4-10,12,16,25H,3,11H2,1-2H3,(H,24,28)/t16-/m0/s1. The molecule has 0 unspecified atom stereocenters. The molecule has 0 saturated heterocycles. The average molecular weight is 423 g/mol. The Hall–Kier alpha value is -4.01. The van der Waals surface area contributed by atoms with E-state index in [1.807, 2.05) is 0 Å². The van der Waals surface area contributed by atoms with Crippen LogP contribution in [0.5, 0.6) is 5.75 Å². The van der Waals surface area contributed by atoms with Crippen LogP contribution < -0.4 is 26.2 Å². The number of aromatic nitrogens is 1. The molecular weight excluding hydrogens is 402 g/mol. The Morgan fingerprint density at radius 1 is 1.10 bits per heavy atom. The van der Waals surface area contributed by atoms with E-state index in [2.05, 4.69) is 15.6 Å². The fraction of sp³-hybridized carbons (Fsp3) is 0.227. The summed E-state index contributed by atoms with van der Waals surface area (Å²) in [6.45, 7) is 1.90. The van der Waals surface area contributed by atoms with Gasteiger partial charge in [0.05, 0.1) is 19.3 Å². The molecule has 0 aliphatic rings. The van der Waals surface area contributed by atoms with Crippen LogP contribution in [0.25, 0.3) is 0 Å². The van der Waals surface area contributed by atoms with Crippen LogP contribution in [0, 0.1) is 0 Å². The SMILES string of the molecule is CCOc1c(N[C@@H](Cc2ccc(NC(=O)c3cccnc3)cc2)C(=O)OC)c(=O)c1=O. The molecule has 9 nitrogen and oxygen atoms in total. The first-order valence-corrected chi connectivity index (χ1v) is 9.55. The summed E-state index contributed by atoms with van der Waals surface area (Å²) in [7, 11) is 1.24. The number of rotatable bonds is 9. The van der Waals surface area contributed by atoms with Crippen molar-refractivity contribution >= 4 is 23.3 Å². The molecule has 1 atom stereocenters. The number of anilines is 2. The molecule has 1 amide bonds. The van der Waals surface area contributed by atoms with Gasteiger partial charge in [0.2, 0.25) is 0 Å². The molecule has 160 valence electrons. The Morgan fingerprint density at radius 3 is 2.45 bits per heavy atom. The first-order valence-electron chi connectivity index (χ1n) is 9.55. The van der Waals surface area contributed by atoms with E-state index in [0.29, 0.717) is 11.3 Å². The summed E-state index contributed by atoms with van der Waals surface area (Å²) in [4.78, 5) is 51.8. The predicted octanol–water partition coefficient (Wildman–Crippen LogP) is 1.52. The number of hydrogen-bond donors (Lipinski definition) is 2. The molecule has 0 bridgehead atoms. The predicted molar refractivity (Wildman–Crippen MR) is 114 cm³/mol. The van der Waals surface area contributed by atoms with Crippen LogP contribution in [-0.4, -0.2) is 36.6 Å². The van der Waals surface area contributed by atoms with Crippen LogP contribution in [-0.2, 0) is 16.0 Å². The van der Waals surface area contributed by atoms with E-state index < -0.39 is 22.9 Å². The van der Waals surface area contributed by atoms with Gasteiger partial charge in [-0.3, -0.25) is 19.4 Å². The second-order valence-corrected chi connectivity index (χ2v) is 6.61. The van der Waals surface area contributed by atoms with E-state index in [4.69, 9.17) is 9.47 Å². The van der Waals surface area contributed by atoms with Gasteiger partial charge in [-0.2, -0.15) is 0 Å². The molecule has 2 aromatic carbocycles. The highest BCUT2D eigenvalue weighted by Crippen LogP contribution is 2.20. The lowest BCUT2D eigenvalue weighted by Gasteiger charge is -2.20. The van der Waals surface area contributed by atoms with Crippen molar-refractivity contribution in [2.24, 2.45) is 0 Å².